The fourth-order valence-corrected chi connectivity index (χ4v) is 1.96. The molecule has 0 N–H and O–H groups in total. The number of amides is 1. The highest BCUT2D eigenvalue weighted by molar-refractivity contribution is 5.81. The number of nitrogens with zero attached hydrogens (tertiary/aromatic N) is 1. The zero-order valence-corrected chi connectivity index (χ0v) is 11.1. The second-order valence-electron chi connectivity index (χ2n) is 4.64. The lowest BCUT2D eigenvalue weighted by Crippen LogP contribution is -2.32. The Balaban J connectivity index is 1.84. The second-order valence-corrected chi connectivity index (χ2v) is 4.64. The minimum atomic E-state index is -0.315. The van der Waals surface area contributed by atoms with Crippen molar-refractivity contribution < 1.29 is 18.7 Å². The van der Waals surface area contributed by atoms with Gasteiger partial charge in [0.15, 0.2) is 0 Å². The van der Waals surface area contributed by atoms with Gasteiger partial charge >= 0.3 is 5.97 Å². The van der Waals surface area contributed by atoms with Crippen LogP contribution in [0.4, 0.5) is 0 Å². The Morgan fingerprint density at radius 2 is 2.21 bits per heavy atom. The van der Waals surface area contributed by atoms with Crippen molar-refractivity contribution in [2.45, 2.75) is 45.2 Å². The van der Waals surface area contributed by atoms with Gasteiger partial charge in [0.25, 0.3) is 0 Å². The largest absolute Gasteiger partial charge is 0.467 e. The third kappa shape index (κ3) is 4.12. The van der Waals surface area contributed by atoms with Crippen molar-refractivity contribution in [2.75, 3.05) is 6.61 Å². The van der Waals surface area contributed by atoms with Gasteiger partial charge in [0.05, 0.1) is 25.8 Å². The zero-order chi connectivity index (χ0) is 13.7. The number of carbonyl (C=O) groups is 2. The summed E-state index contributed by atoms with van der Waals surface area (Å²) < 4.78 is 10.1. The molecule has 5 nitrogen and oxygen atoms in total. The van der Waals surface area contributed by atoms with E-state index in [-0.39, 0.29) is 24.7 Å². The van der Waals surface area contributed by atoms with Crippen LogP contribution in [-0.4, -0.2) is 29.4 Å². The van der Waals surface area contributed by atoms with Gasteiger partial charge in [0, 0.05) is 12.5 Å². The molecule has 1 aromatic rings. The van der Waals surface area contributed by atoms with Crippen LogP contribution in [-0.2, 0) is 20.9 Å². The Morgan fingerprint density at radius 1 is 1.42 bits per heavy atom. The molecule has 1 amide bonds. The van der Waals surface area contributed by atoms with Gasteiger partial charge in [0.1, 0.15) is 5.76 Å². The molecule has 0 unspecified atom stereocenters. The Labute approximate surface area is 112 Å². The van der Waals surface area contributed by atoms with Crippen molar-refractivity contribution in [3.8, 4) is 0 Å². The summed E-state index contributed by atoms with van der Waals surface area (Å²) >= 11 is 0. The van der Waals surface area contributed by atoms with E-state index in [1.807, 2.05) is 12.1 Å². The molecule has 0 atom stereocenters. The number of furan rings is 1. The minimum absolute atomic E-state index is 0.00745. The normalized spacial score (nSPS) is 14.2. The van der Waals surface area contributed by atoms with Gasteiger partial charge in [0.2, 0.25) is 5.91 Å². The molecule has 2 rings (SSSR count). The second kappa shape index (κ2) is 6.41. The fourth-order valence-electron chi connectivity index (χ4n) is 1.96. The van der Waals surface area contributed by atoms with Crippen LogP contribution in [0.25, 0.3) is 0 Å². The molecule has 5 heteroatoms. The molecule has 1 aliphatic carbocycles. The number of hydrogen-bond acceptors (Lipinski definition) is 4. The van der Waals surface area contributed by atoms with E-state index in [4.69, 9.17) is 9.15 Å². The van der Waals surface area contributed by atoms with E-state index in [1.54, 1.807) is 18.1 Å². The summed E-state index contributed by atoms with van der Waals surface area (Å²) in [6.45, 7) is 2.60. The monoisotopic (exact) mass is 265 g/mol. The molecule has 0 saturated heterocycles. The van der Waals surface area contributed by atoms with E-state index < -0.39 is 0 Å². The van der Waals surface area contributed by atoms with Crippen molar-refractivity contribution >= 4 is 11.9 Å². The summed E-state index contributed by atoms with van der Waals surface area (Å²) in [6.07, 6.45) is 4.02. The summed E-state index contributed by atoms with van der Waals surface area (Å²) in [5.74, 6) is 0.452. The average molecular weight is 265 g/mol. The van der Waals surface area contributed by atoms with Crippen LogP contribution in [0.1, 0.15) is 38.4 Å². The van der Waals surface area contributed by atoms with Gasteiger partial charge in [-0.15, -0.1) is 0 Å². The summed E-state index contributed by atoms with van der Waals surface area (Å²) in [5.41, 5.74) is 0. The van der Waals surface area contributed by atoms with Gasteiger partial charge < -0.3 is 14.1 Å². The molecule has 1 fully saturated rings. The van der Waals surface area contributed by atoms with E-state index in [9.17, 15) is 9.59 Å². The Morgan fingerprint density at radius 3 is 2.79 bits per heavy atom. The maximum absolute atomic E-state index is 12.1. The summed E-state index contributed by atoms with van der Waals surface area (Å²) in [6, 6.07) is 3.97. The van der Waals surface area contributed by atoms with E-state index in [0.717, 1.165) is 18.6 Å². The van der Waals surface area contributed by atoms with Gasteiger partial charge in [-0.3, -0.25) is 9.59 Å². The molecule has 0 spiro atoms. The SMILES string of the molecule is CCOC(=O)CCC(=O)N(Cc1ccco1)C1CC1. The van der Waals surface area contributed by atoms with Crippen molar-refractivity contribution in [1.82, 2.24) is 4.90 Å². The predicted molar refractivity (Wildman–Crippen MR) is 68.1 cm³/mol. The van der Waals surface area contributed by atoms with Gasteiger partial charge in [-0.1, -0.05) is 0 Å². The van der Waals surface area contributed by atoms with Crippen molar-refractivity contribution in [2.24, 2.45) is 0 Å². The van der Waals surface area contributed by atoms with Crippen LogP contribution in [0.3, 0.4) is 0 Å². The van der Waals surface area contributed by atoms with Crippen LogP contribution in [0.15, 0.2) is 22.8 Å². The highest BCUT2D eigenvalue weighted by atomic mass is 16.5. The van der Waals surface area contributed by atoms with Crippen molar-refractivity contribution in [1.29, 1.82) is 0 Å². The smallest absolute Gasteiger partial charge is 0.306 e. The quantitative estimate of drug-likeness (QED) is 0.708. The Bertz CT molecular complexity index is 423. The molecule has 104 valence electrons. The molecule has 0 bridgehead atoms. The van der Waals surface area contributed by atoms with Gasteiger partial charge in [-0.05, 0) is 31.9 Å². The third-order valence-corrected chi connectivity index (χ3v) is 3.06. The first-order chi connectivity index (χ1) is 9.20. The Kier molecular flexibility index (Phi) is 4.60. The zero-order valence-electron chi connectivity index (χ0n) is 11.1. The maximum atomic E-state index is 12.1. The molecule has 0 radical (unpaired) electrons. The van der Waals surface area contributed by atoms with E-state index >= 15 is 0 Å². The van der Waals surface area contributed by atoms with Gasteiger partial charge in [-0.25, -0.2) is 0 Å². The summed E-state index contributed by atoms with van der Waals surface area (Å²) in [5, 5.41) is 0. The molecular weight excluding hydrogens is 246 g/mol. The van der Waals surface area contributed by atoms with Crippen LogP contribution in [0.2, 0.25) is 0 Å². The first kappa shape index (κ1) is 13.6. The lowest BCUT2D eigenvalue weighted by Gasteiger charge is -2.21. The van der Waals surface area contributed by atoms with E-state index in [2.05, 4.69) is 0 Å². The number of rotatable bonds is 7. The maximum Gasteiger partial charge on any atom is 0.306 e. The van der Waals surface area contributed by atoms with Crippen LogP contribution in [0.5, 0.6) is 0 Å². The molecule has 1 aliphatic rings. The van der Waals surface area contributed by atoms with Crippen LogP contribution in [0, 0.1) is 0 Å². The fraction of sp³-hybridized carbons (Fsp3) is 0.571. The standard InChI is InChI=1S/C14H19NO4/c1-2-18-14(17)8-7-13(16)15(11-5-6-11)10-12-4-3-9-19-12/h3-4,9,11H,2,5-8,10H2,1H3. The molecular formula is C14H19NO4. The number of ether oxygens (including phenoxy) is 1. The lowest BCUT2D eigenvalue weighted by molar-refractivity contribution is -0.146. The van der Waals surface area contributed by atoms with Crippen LogP contribution >= 0.6 is 0 Å². The molecule has 0 aromatic carbocycles. The topological polar surface area (TPSA) is 59.8 Å². The molecule has 1 heterocycles. The third-order valence-electron chi connectivity index (χ3n) is 3.06. The average Bonchev–Trinajstić information content (AvgIpc) is 3.10. The highest BCUT2D eigenvalue weighted by Crippen LogP contribution is 2.29. The molecule has 1 aromatic heterocycles. The summed E-state index contributed by atoms with van der Waals surface area (Å²) in [4.78, 5) is 25.2. The molecule has 1 saturated carbocycles. The number of carbonyl (C=O) groups excluding carboxylic acids is 2. The summed E-state index contributed by atoms with van der Waals surface area (Å²) in [7, 11) is 0. The Hall–Kier alpha value is -1.78. The number of esters is 1. The first-order valence-corrected chi connectivity index (χ1v) is 6.68. The predicted octanol–water partition coefficient (Wildman–Crippen LogP) is 2.11. The minimum Gasteiger partial charge on any atom is -0.467 e. The van der Waals surface area contributed by atoms with Crippen molar-refractivity contribution in [3.63, 3.8) is 0 Å². The molecule has 19 heavy (non-hydrogen) atoms. The molecule has 0 aliphatic heterocycles. The first-order valence-electron chi connectivity index (χ1n) is 6.68. The van der Waals surface area contributed by atoms with E-state index in [0.29, 0.717) is 19.2 Å². The van der Waals surface area contributed by atoms with Gasteiger partial charge in [-0.2, -0.15) is 0 Å². The van der Waals surface area contributed by atoms with Crippen LogP contribution < -0.4 is 0 Å². The highest BCUT2D eigenvalue weighted by Gasteiger charge is 2.32. The van der Waals surface area contributed by atoms with Crippen molar-refractivity contribution in [3.05, 3.63) is 24.2 Å². The lowest BCUT2D eigenvalue weighted by atomic mass is 10.2. The van der Waals surface area contributed by atoms with E-state index in [1.165, 1.54) is 0 Å². The number of hydrogen-bond donors (Lipinski definition) is 0.